The molecule has 3 nitrogen and oxygen atoms in total. The third-order valence-electron chi connectivity index (χ3n) is 3.40. The van der Waals surface area contributed by atoms with Crippen LogP contribution in [0.5, 0.6) is 5.75 Å². The van der Waals surface area contributed by atoms with Crippen molar-refractivity contribution < 1.29 is 9.53 Å². The lowest BCUT2D eigenvalue weighted by Crippen LogP contribution is -2.10. The standard InChI is InChI=1S/C17H15NO2/c1-20-17-9-5-3-7-14(17)16(19)12-18-11-10-13-6-2-4-8-15(13)18/h2-11H,12H2,1H3. The minimum atomic E-state index is 0.0452. The summed E-state index contributed by atoms with van der Waals surface area (Å²) in [5.74, 6) is 0.665. The van der Waals surface area contributed by atoms with E-state index in [4.69, 9.17) is 4.74 Å². The van der Waals surface area contributed by atoms with Crippen LogP contribution in [-0.4, -0.2) is 17.5 Å². The Bertz CT molecular complexity index is 758. The summed E-state index contributed by atoms with van der Waals surface area (Å²) in [7, 11) is 1.58. The molecule has 0 N–H and O–H groups in total. The van der Waals surface area contributed by atoms with Crippen molar-refractivity contribution in [2.75, 3.05) is 7.11 Å². The van der Waals surface area contributed by atoms with Crippen LogP contribution in [-0.2, 0) is 6.54 Å². The largest absolute Gasteiger partial charge is 0.496 e. The van der Waals surface area contributed by atoms with Crippen molar-refractivity contribution in [2.45, 2.75) is 6.54 Å². The van der Waals surface area contributed by atoms with E-state index in [2.05, 4.69) is 0 Å². The molecule has 3 rings (SSSR count). The summed E-state index contributed by atoms with van der Waals surface area (Å²) in [6, 6.07) is 17.4. The van der Waals surface area contributed by atoms with Crippen LogP contribution in [0.2, 0.25) is 0 Å². The smallest absolute Gasteiger partial charge is 0.186 e. The Balaban J connectivity index is 1.93. The first-order chi connectivity index (χ1) is 9.79. The van der Waals surface area contributed by atoms with Gasteiger partial charge in [-0.3, -0.25) is 4.79 Å². The van der Waals surface area contributed by atoms with Gasteiger partial charge in [-0.25, -0.2) is 0 Å². The van der Waals surface area contributed by atoms with Crippen LogP contribution in [0.4, 0.5) is 0 Å². The minimum absolute atomic E-state index is 0.0452. The SMILES string of the molecule is COc1ccccc1C(=O)Cn1ccc2ccccc21. The van der Waals surface area contributed by atoms with Crippen LogP contribution in [0, 0.1) is 0 Å². The van der Waals surface area contributed by atoms with Gasteiger partial charge in [0.2, 0.25) is 0 Å². The van der Waals surface area contributed by atoms with Gasteiger partial charge in [0.15, 0.2) is 5.78 Å². The quantitative estimate of drug-likeness (QED) is 0.676. The van der Waals surface area contributed by atoms with Gasteiger partial charge in [-0.1, -0.05) is 30.3 Å². The van der Waals surface area contributed by atoms with Crippen molar-refractivity contribution >= 4 is 16.7 Å². The van der Waals surface area contributed by atoms with E-state index in [0.717, 1.165) is 10.9 Å². The highest BCUT2D eigenvalue weighted by Gasteiger charge is 2.12. The molecule has 0 aliphatic rings. The summed E-state index contributed by atoms with van der Waals surface area (Å²) in [5, 5.41) is 1.14. The first-order valence-electron chi connectivity index (χ1n) is 6.49. The molecule has 3 heteroatoms. The number of carbonyl (C=O) groups excluding carboxylic acids is 1. The van der Waals surface area contributed by atoms with Gasteiger partial charge in [-0.15, -0.1) is 0 Å². The molecular formula is C17H15NO2. The van der Waals surface area contributed by atoms with Gasteiger partial charge in [-0.05, 0) is 29.7 Å². The van der Waals surface area contributed by atoms with Crippen molar-refractivity contribution in [2.24, 2.45) is 0 Å². The van der Waals surface area contributed by atoms with Crippen LogP contribution in [0.1, 0.15) is 10.4 Å². The number of hydrogen-bond donors (Lipinski definition) is 0. The molecule has 3 aromatic rings. The van der Waals surface area contributed by atoms with E-state index in [-0.39, 0.29) is 5.78 Å². The molecule has 0 saturated carbocycles. The molecule has 2 aromatic carbocycles. The van der Waals surface area contributed by atoms with Gasteiger partial charge >= 0.3 is 0 Å². The Hall–Kier alpha value is -2.55. The number of benzene rings is 2. The number of fused-ring (bicyclic) bond motifs is 1. The fraction of sp³-hybridized carbons (Fsp3) is 0.118. The van der Waals surface area contributed by atoms with Gasteiger partial charge in [0.1, 0.15) is 5.75 Å². The molecule has 0 amide bonds. The summed E-state index contributed by atoms with van der Waals surface area (Å²) in [6.07, 6.45) is 1.94. The Kier molecular flexibility index (Phi) is 3.25. The first kappa shape index (κ1) is 12.5. The van der Waals surface area contributed by atoms with E-state index in [1.807, 2.05) is 53.2 Å². The van der Waals surface area contributed by atoms with Crippen molar-refractivity contribution in [3.8, 4) is 5.75 Å². The van der Waals surface area contributed by atoms with Crippen molar-refractivity contribution in [3.63, 3.8) is 0 Å². The molecule has 0 aliphatic heterocycles. The summed E-state index contributed by atoms with van der Waals surface area (Å²) in [4.78, 5) is 12.4. The lowest BCUT2D eigenvalue weighted by molar-refractivity contribution is 0.0970. The molecule has 0 unspecified atom stereocenters. The lowest BCUT2D eigenvalue weighted by atomic mass is 10.1. The molecular weight excluding hydrogens is 250 g/mol. The number of aromatic nitrogens is 1. The van der Waals surface area contributed by atoms with E-state index < -0.39 is 0 Å². The molecule has 0 atom stereocenters. The topological polar surface area (TPSA) is 31.2 Å². The second-order valence-electron chi connectivity index (χ2n) is 4.63. The summed E-state index contributed by atoms with van der Waals surface area (Å²) < 4.78 is 7.21. The van der Waals surface area contributed by atoms with E-state index >= 15 is 0 Å². The zero-order valence-electron chi connectivity index (χ0n) is 11.2. The van der Waals surface area contributed by atoms with E-state index in [0.29, 0.717) is 17.9 Å². The maximum absolute atomic E-state index is 12.4. The number of ether oxygens (including phenoxy) is 1. The number of para-hydroxylation sites is 2. The van der Waals surface area contributed by atoms with Gasteiger partial charge in [0.25, 0.3) is 0 Å². The molecule has 0 bridgehead atoms. The number of ketones is 1. The highest BCUT2D eigenvalue weighted by atomic mass is 16.5. The maximum atomic E-state index is 12.4. The molecule has 0 spiro atoms. The molecule has 0 aliphatic carbocycles. The van der Waals surface area contributed by atoms with Gasteiger partial charge in [0, 0.05) is 11.7 Å². The number of methoxy groups -OCH3 is 1. The summed E-state index contributed by atoms with van der Waals surface area (Å²) in [5.41, 5.74) is 1.68. The highest BCUT2D eigenvalue weighted by molar-refractivity contribution is 5.99. The molecule has 0 saturated heterocycles. The predicted molar refractivity (Wildman–Crippen MR) is 79.3 cm³/mol. The molecule has 1 aromatic heterocycles. The Morgan fingerprint density at radius 3 is 2.65 bits per heavy atom. The maximum Gasteiger partial charge on any atom is 0.186 e. The average molecular weight is 265 g/mol. The van der Waals surface area contributed by atoms with Crippen LogP contribution >= 0.6 is 0 Å². The number of carbonyl (C=O) groups is 1. The molecule has 0 fully saturated rings. The molecule has 100 valence electrons. The third kappa shape index (κ3) is 2.18. The first-order valence-corrected chi connectivity index (χ1v) is 6.49. The van der Waals surface area contributed by atoms with Gasteiger partial charge < -0.3 is 9.30 Å². The molecule has 1 heterocycles. The average Bonchev–Trinajstić information content (AvgIpc) is 2.90. The normalized spacial score (nSPS) is 10.7. The van der Waals surface area contributed by atoms with Crippen LogP contribution in [0.3, 0.4) is 0 Å². The zero-order chi connectivity index (χ0) is 13.9. The monoisotopic (exact) mass is 265 g/mol. The Morgan fingerprint density at radius 2 is 1.80 bits per heavy atom. The van der Waals surface area contributed by atoms with E-state index in [9.17, 15) is 4.79 Å². The van der Waals surface area contributed by atoms with Gasteiger partial charge in [0.05, 0.1) is 19.2 Å². The number of hydrogen-bond acceptors (Lipinski definition) is 2. The Morgan fingerprint density at radius 1 is 1.05 bits per heavy atom. The van der Waals surface area contributed by atoms with Crippen molar-refractivity contribution in [1.82, 2.24) is 4.57 Å². The van der Waals surface area contributed by atoms with E-state index in [1.54, 1.807) is 19.2 Å². The second-order valence-corrected chi connectivity index (χ2v) is 4.63. The summed E-state index contributed by atoms with van der Waals surface area (Å²) >= 11 is 0. The summed E-state index contributed by atoms with van der Waals surface area (Å²) in [6.45, 7) is 0.313. The van der Waals surface area contributed by atoms with Crippen LogP contribution < -0.4 is 4.74 Å². The van der Waals surface area contributed by atoms with Gasteiger partial charge in [-0.2, -0.15) is 0 Å². The lowest BCUT2D eigenvalue weighted by Gasteiger charge is -2.08. The van der Waals surface area contributed by atoms with Crippen LogP contribution in [0.25, 0.3) is 10.9 Å². The molecule has 20 heavy (non-hydrogen) atoms. The number of nitrogens with zero attached hydrogens (tertiary/aromatic N) is 1. The Labute approximate surface area is 117 Å². The van der Waals surface area contributed by atoms with Crippen molar-refractivity contribution in [1.29, 1.82) is 0 Å². The second kappa shape index (κ2) is 5.21. The fourth-order valence-electron chi connectivity index (χ4n) is 2.39. The molecule has 0 radical (unpaired) electrons. The number of Topliss-reactive ketones (excluding diaryl/α,β-unsaturated/α-hetero) is 1. The highest BCUT2D eigenvalue weighted by Crippen LogP contribution is 2.20. The fourth-order valence-corrected chi connectivity index (χ4v) is 2.39. The van der Waals surface area contributed by atoms with Crippen LogP contribution in [0.15, 0.2) is 60.8 Å². The third-order valence-corrected chi connectivity index (χ3v) is 3.40. The number of rotatable bonds is 4. The van der Waals surface area contributed by atoms with E-state index in [1.165, 1.54) is 0 Å². The predicted octanol–water partition coefficient (Wildman–Crippen LogP) is 3.53. The minimum Gasteiger partial charge on any atom is -0.496 e. The zero-order valence-corrected chi connectivity index (χ0v) is 11.2. The van der Waals surface area contributed by atoms with Crippen molar-refractivity contribution in [3.05, 3.63) is 66.4 Å².